The van der Waals surface area contributed by atoms with Crippen molar-refractivity contribution in [3.63, 3.8) is 0 Å². The highest BCUT2D eigenvalue weighted by molar-refractivity contribution is 5.83. The summed E-state index contributed by atoms with van der Waals surface area (Å²) < 4.78 is 0. The first-order valence-corrected chi connectivity index (χ1v) is 7.54. The Kier molecular flexibility index (Phi) is 2.33. The van der Waals surface area contributed by atoms with Gasteiger partial charge in [-0.2, -0.15) is 0 Å². The number of nitrogens with two attached hydrogens (primary N) is 1. The molecule has 2 N–H and O–H groups in total. The van der Waals surface area contributed by atoms with Gasteiger partial charge in [0.2, 0.25) is 5.91 Å². The second kappa shape index (κ2) is 3.84. The molecule has 0 aromatic heterocycles. The second-order valence-corrected chi connectivity index (χ2v) is 7.02. The maximum Gasteiger partial charge on any atom is 0.224 e. The Labute approximate surface area is 114 Å². The lowest BCUT2D eigenvalue weighted by molar-refractivity contribution is -0.147. The molecular weight excluding hydrogens is 234 g/mol. The van der Waals surface area contributed by atoms with Gasteiger partial charge in [-0.15, -0.1) is 0 Å². The fourth-order valence-electron chi connectivity index (χ4n) is 5.65. The summed E-state index contributed by atoms with van der Waals surface area (Å²) in [6.07, 6.45) is 6.03. The van der Waals surface area contributed by atoms with Gasteiger partial charge in [-0.3, -0.25) is 4.79 Å². The van der Waals surface area contributed by atoms with Crippen LogP contribution in [0.3, 0.4) is 0 Å². The molecule has 4 saturated carbocycles. The third kappa shape index (κ3) is 1.52. The maximum atomic E-state index is 12.3. The zero-order chi connectivity index (χ0) is 13.0. The smallest absolute Gasteiger partial charge is 0.224 e. The summed E-state index contributed by atoms with van der Waals surface area (Å²) in [4.78, 5) is 12.3. The van der Waals surface area contributed by atoms with E-state index in [0.717, 1.165) is 24.7 Å². The molecule has 4 aliphatic rings. The van der Waals surface area contributed by atoms with Crippen molar-refractivity contribution in [3.8, 4) is 0 Å². The Bertz CT molecular complexity index is 495. The fraction of sp³-hybridized carbons (Fsp3) is 0.588. The number of carbonyl (C=O) groups excluding carboxylic acids is 1. The molecule has 1 amide bonds. The Morgan fingerprint density at radius 1 is 1.05 bits per heavy atom. The minimum Gasteiger partial charge on any atom is -0.369 e. The summed E-state index contributed by atoms with van der Waals surface area (Å²) in [6, 6.07) is 10.6. The average Bonchev–Trinajstić information content (AvgIpc) is 2.38. The SMILES string of the molecule is NC(=O)C12CC3CC(CC(C3)C1c1ccccc1)C2. The second-order valence-electron chi connectivity index (χ2n) is 7.02. The van der Waals surface area contributed by atoms with Gasteiger partial charge in [-0.05, 0) is 55.4 Å². The van der Waals surface area contributed by atoms with E-state index in [-0.39, 0.29) is 11.3 Å². The van der Waals surface area contributed by atoms with Crippen LogP contribution in [0.4, 0.5) is 0 Å². The lowest BCUT2D eigenvalue weighted by atomic mass is 9.44. The van der Waals surface area contributed by atoms with E-state index in [2.05, 4.69) is 30.3 Å². The first-order chi connectivity index (χ1) is 9.19. The van der Waals surface area contributed by atoms with Gasteiger partial charge in [0.15, 0.2) is 0 Å². The minimum absolute atomic E-state index is 0.0412. The molecular formula is C17H21NO. The molecule has 0 saturated heterocycles. The maximum absolute atomic E-state index is 12.3. The van der Waals surface area contributed by atoms with Crippen LogP contribution in [-0.2, 0) is 4.79 Å². The molecule has 100 valence electrons. The topological polar surface area (TPSA) is 43.1 Å². The van der Waals surface area contributed by atoms with Gasteiger partial charge in [-0.1, -0.05) is 30.3 Å². The number of hydrogen-bond acceptors (Lipinski definition) is 1. The standard InChI is InChI=1S/C17H21NO/c18-16(19)17-9-11-6-12(10-17)8-14(7-11)15(17)13-4-2-1-3-5-13/h1-5,11-12,14-15H,6-10H2,(H2,18,19). The van der Waals surface area contributed by atoms with Crippen LogP contribution in [0.2, 0.25) is 0 Å². The molecule has 0 heterocycles. The van der Waals surface area contributed by atoms with Crippen molar-refractivity contribution < 1.29 is 4.79 Å². The van der Waals surface area contributed by atoms with Crippen molar-refractivity contribution in [2.75, 3.05) is 0 Å². The van der Waals surface area contributed by atoms with Crippen molar-refractivity contribution >= 4 is 5.91 Å². The highest BCUT2D eigenvalue weighted by Crippen LogP contribution is 2.65. The van der Waals surface area contributed by atoms with Crippen molar-refractivity contribution in [1.82, 2.24) is 0 Å². The number of amides is 1. The van der Waals surface area contributed by atoms with Crippen molar-refractivity contribution in [2.24, 2.45) is 28.9 Å². The Hall–Kier alpha value is -1.31. The van der Waals surface area contributed by atoms with Gasteiger partial charge in [0.1, 0.15) is 0 Å². The lowest BCUT2D eigenvalue weighted by Gasteiger charge is -2.60. The van der Waals surface area contributed by atoms with Gasteiger partial charge in [0, 0.05) is 5.92 Å². The first kappa shape index (κ1) is 11.5. The van der Waals surface area contributed by atoms with Gasteiger partial charge < -0.3 is 5.73 Å². The molecule has 4 bridgehead atoms. The van der Waals surface area contributed by atoms with Gasteiger partial charge >= 0.3 is 0 Å². The largest absolute Gasteiger partial charge is 0.369 e. The van der Waals surface area contributed by atoms with Crippen molar-refractivity contribution in [2.45, 2.75) is 38.0 Å². The van der Waals surface area contributed by atoms with Crippen LogP contribution in [0.1, 0.15) is 43.6 Å². The molecule has 0 aliphatic heterocycles. The predicted octanol–water partition coefficient (Wildman–Crippen LogP) is 3.08. The fourth-order valence-corrected chi connectivity index (χ4v) is 5.65. The van der Waals surface area contributed by atoms with Crippen LogP contribution in [0.5, 0.6) is 0 Å². The van der Waals surface area contributed by atoms with E-state index in [0.29, 0.717) is 11.8 Å². The Morgan fingerprint density at radius 3 is 2.26 bits per heavy atom. The van der Waals surface area contributed by atoms with Crippen LogP contribution in [0.15, 0.2) is 30.3 Å². The molecule has 3 atom stereocenters. The van der Waals surface area contributed by atoms with Crippen molar-refractivity contribution in [3.05, 3.63) is 35.9 Å². The molecule has 5 rings (SSSR count). The summed E-state index contributed by atoms with van der Waals surface area (Å²) in [7, 11) is 0. The van der Waals surface area contributed by atoms with Crippen LogP contribution < -0.4 is 5.73 Å². The first-order valence-electron chi connectivity index (χ1n) is 7.54. The molecule has 0 radical (unpaired) electrons. The normalized spacial score (nSPS) is 43.4. The monoisotopic (exact) mass is 255 g/mol. The summed E-state index contributed by atoms with van der Waals surface area (Å²) in [5, 5.41) is 0. The molecule has 19 heavy (non-hydrogen) atoms. The highest BCUT2D eigenvalue weighted by Gasteiger charge is 2.60. The van der Waals surface area contributed by atoms with E-state index in [1.807, 2.05) is 0 Å². The van der Waals surface area contributed by atoms with Gasteiger partial charge in [0.05, 0.1) is 5.41 Å². The number of benzene rings is 1. The summed E-state index contributed by atoms with van der Waals surface area (Å²) in [5.74, 6) is 2.52. The van der Waals surface area contributed by atoms with Gasteiger partial charge in [-0.25, -0.2) is 0 Å². The van der Waals surface area contributed by atoms with E-state index in [1.165, 1.54) is 24.8 Å². The molecule has 2 heteroatoms. The van der Waals surface area contributed by atoms with Gasteiger partial charge in [0.25, 0.3) is 0 Å². The average molecular weight is 255 g/mol. The van der Waals surface area contributed by atoms with Crippen LogP contribution in [-0.4, -0.2) is 5.91 Å². The molecule has 2 nitrogen and oxygen atoms in total. The van der Waals surface area contributed by atoms with Crippen LogP contribution in [0, 0.1) is 23.2 Å². The number of carbonyl (C=O) groups is 1. The third-order valence-corrected chi connectivity index (χ3v) is 5.96. The lowest BCUT2D eigenvalue weighted by Crippen LogP contribution is -2.57. The summed E-state index contributed by atoms with van der Waals surface area (Å²) in [6.45, 7) is 0. The molecule has 4 aliphatic carbocycles. The van der Waals surface area contributed by atoms with E-state index in [1.54, 1.807) is 0 Å². The summed E-state index contributed by atoms with van der Waals surface area (Å²) in [5.41, 5.74) is 6.98. The summed E-state index contributed by atoms with van der Waals surface area (Å²) >= 11 is 0. The number of hydrogen-bond donors (Lipinski definition) is 1. The molecule has 0 spiro atoms. The van der Waals surface area contributed by atoms with E-state index in [4.69, 9.17) is 5.73 Å². The van der Waals surface area contributed by atoms with E-state index >= 15 is 0 Å². The molecule has 4 fully saturated rings. The molecule has 1 aromatic rings. The van der Waals surface area contributed by atoms with Crippen LogP contribution in [0.25, 0.3) is 0 Å². The Morgan fingerprint density at radius 2 is 1.68 bits per heavy atom. The molecule has 1 aromatic carbocycles. The van der Waals surface area contributed by atoms with Crippen molar-refractivity contribution in [1.29, 1.82) is 0 Å². The zero-order valence-electron chi connectivity index (χ0n) is 11.2. The number of primary amides is 1. The Balaban J connectivity index is 1.82. The minimum atomic E-state index is -0.240. The predicted molar refractivity (Wildman–Crippen MR) is 74.4 cm³/mol. The molecule has 3 unspecified atom stereocenters. The van der Waals surface area contributed by atoms with E-state index in [9.17, 15) is 4.79 Å². The zero-order valence-corrected chi connectivity index (χ0v) is 11.2. The quantitative estimate of drug-likeness (QED) is 0.867. The highest BCUT2D eigenvalue weighted by atomic mass is 16.1. The third-order valence-electron chi connectivity index (χ3n) is 5.96. The number of rotatable bonds is 2. The van der Waals surface area contributed by atoms with Crippen LogP contribution >= 0.6 is 0 Å². The van der Waals surface area contributed by atoms with E-state index < -0.39 is 0 Å².